The molecule has 1 aliphatic heterocycles. The summed E-state index contributed by atoms with van der Waals surface area (Å²) in [5.41, 5.74) is 0. The SMILES string of the molecule is OCC#C/C=C1/COCO1. The normalized spacial score (nSPS) is 19.9. The summed E-state index contributed by atoms with van der Waals surface area (Å²) >= 11 is 0. The van der Waals surface area contributed by atoms with E-state index < -0.39 is 0 Å². The third-order valence-electron chi connectivity index (χ3n) is 0.986. The molecular weight excluding hydrogens is 132 g/mol. The zero-order valence-electron chi connectivity index (χ0n) is 5.46. The molecule has 0 atom stereocenters. The Labute approximate surface area is 59.3 Å². The van der Waals surface area contributed by atoms with Gasteiger partial charge >= 0.3 is 0 Å². The summed E-state index contributed by atoms with van der Waals surface area (Å²) in [5, 5.41) is 8.27. The molecule has 0 aromatic carbocycles. The molecule has 1 N–H and O–H groups in total. The van der Waals surface area contributed by atoms with E-state index in [9.17, 15) is 0 Å². The van der Waals surface area contributed by atoms with Gasteiger partial charge in [-0.1, -0.05) is 11.8 Å². The van der Waals surface area contributed by atoms with E-state index in [1.807, 2.05) is 0 Å². The van der Waals surface area contributed by atoms with Gasteiger partial charge in [-0.3, -0.25) is 0 Å². The fourth-order valence-corrected chi connectivity index (χ4v) is 0.562. The minimum Gasteiger partial charge on any atom is -0.469 e. The summed E-state index contributed by atoms with van der Waals surface area (Å²) in [6.07, 6.45) is 1.60. The second kappa shape index (κ2) is 3.94. The molecule has 1 fully saturated rings. The molecule has 0 bridgehead atoms. The van der Waals surface area contributed by atoms with Crippen LogP contribution in [0, 0.1) is 11.8 Å². The van der Waals surface area contributed by atoms with Gasteiger partial charge in [0.2, 0.25) is 0 Å². The number of allylic oxidation sites excluding steroid dienone is 1. The molecule has 0 saturated carbocycles. The van der Waals surface area contributed by atoms with Gasteiger partial charge in [-0.2, -0.15) is 0 Å². The van der Waals surface area contributed by atoms with Crippen LogP contribution in [0.2, 0.25) is 0 Å². The summed E-state index contributed by atoms with van der Waals surface area (Å²) in [6, 6.07) is 0. The first-order valence-corrected chi connectivity index (χ1v) is 2.92. The first kappa shape index (κ1) is 7.13. The first-order chi connectivity index (χ1) is 4.93. The second-order valence-corrected chi connectivity index (χ2v) is 1.70. The monoisotopic (exact) mass is 140 g/mol. The highest BCUT2D eigenvalue weighted by Crippen LogP contribution is 2.04. The minimum absolute atomic E-state index is 0.120. The molecule has 3 nitrogen and oxygen atoms in total. The third-order valence-corrected chi connectivity index (χ3v) is 0.986. The van der Waals surface area contributed by atoms with Crippen molar-refractivity contribution in [3.05, 3.63) is 11.8 Å². The molecule has 0 aliphatic carbocycles. The number of hydrogen-bond donors (Lipinski definition) is 1. The molecule has 10 heavy (non-hydrogen) atoms. The van der Waals surface area contributed by atoms with Gasteiger partial charge in [-0.15, -0.1) is 0 Å². The number of hydrogen-bond acceptors (Lipinski definition) is 3. The average Bonchev–Trinajstić information content (AvgIpc) is 2.41. The molecule has 1 aliphatic rings. The first-order valence-electron chi connectivity index (χ1n) is 2.92. The van der Waals surface area contributed by atoms with Gasteiger partial charge in [-0.25, -0.2) is 0 Å². The highest BCUT2D eigenvalue weighted by molar-refractivity contribution is 5.19. The van der Waals surface area contributed by atoms with Crippen LogP contribution in [-0.4, -0.2) is 25.1 Å². The number of aliphatic hydroxyl groups is 1. The largest absolute Gasteiger partial charge is 0.469 e. The van der Waals surface area contributed by atoms with Crippen molar-refractivity contribution in [2.24, 2.45) is 0 Å². The van der Waals surface area contributed by atoms with Gasteiger partial charge in [0, 0.05) is 6.08 Å². The molecule has 0 aromatic heterocycles. The zero-order valence-corrected chi connectivity index (χ0v) is 5.46. The Morgan fingerprint density at radius 2 is 2.60 bits per heavy atom. The van der Waals surface area contributed by atoms with Crippen LogP contribution in [0.5, 0.6) is 0 Å². The Balaban J connectivity index is 2.38. The smallest absolute Gasteiger partial charge is 0.189 e. The highest BCUT2D eigenvalue weighted by Gasteiger charge is 2.04. The van der Waals surface area contributed by atoms with E-state index in [1.54, 1.807) is 6.08 Å². The van der Waals surface area contributed by atoms with Crippen molar-refractivity contribution < 1.29 is 14.6 Å². The van der Waals surface area contributed by atoms with Crippen molar-refractivity contribution in [3.8, 4) is 11.8 Å². The van der Waals surface area contributed by atoms with E-state index in [0.29, 0.717) is 13.4 Å². The molecule has 0 unspecified atom stereocenters. The van der Waals surface area contributed by atoms with Crippen LogP contribution in [0.15, 0.2) is 11.8 Å². The molecule has 0 radical (unpaired) electrons. The van der Waals surface area contributed by atoms with Gasteiger partial charge in [0.05, 0.1) is 0 Å². The Morgan fingerprint density at radius 3 is 3.20 bits per heavy atom. The lowest BCUT2D eigenvalue weighted by atomic mass is 10.4. The minimum atomic E-state index is -0.120. The van der Waals surface area contributed by atoms with E-state index in [0.717, 1.165) is 5.76 Å². The molecule has 0 spiro atoms. The molecule has 3 heteroatoms. The van der Waals surface area contributed by atoms with Crippen molar-refractivity contribution in [1.82, 2.24) is 0 Å². The maximum atomic E-state index is 8.27. The Hall–Kier alpha value is -0.980. The zero-order chi connectivity index (χ0) is 7.23. The van der Waals surface area contributed by atoms with Gasteiger partial charge in [-0.05, 0) is 0 Å². The van der Waals surface area contributed by atoms with Gasteiger partial charge in [0.15, 0.2) is 6.79 Å². The molecule has 0 amide bonds. The maximum absolute atomic E-state index is 8.27. The predicted octanol–water partition coefficient (Wildman–Crippen LogP) is -0.130. The highest BCUT2D eigenvalue weighted by atomic mass is 16.7. The Kier molecular flexibility index (Phi) is 2.81. The number of aliphatic hydroxyl groups excluding tert-OH is 1. The topological polar surface area (TPSA) is 38.7 Å². The van der Waals surface area contributed by atoms with Crippen LogP contribution in [0.3, 0.4) is 0 Å². The Bertz CT molecular complexity index is 177. The number of ether oxygens (including phenoxy) is 2. The fourth-order valence-electron chi connectivity index (χ4n) is 0.562. The van der Waals surface area contributed by atoms with Crippen molar-refractivity contribution in [1.29, 1.82) is 0 Å². The lowest BCUT2D eigenvalue weighted by molar-refractivity contribution is 0.0800. The van der Waals surface area contributed by atoms with Gasteiger partial charge in [0.1, 0.15) is 19.0 Å². The lowest BCUT2D eigenvalue weighted by Crippen LogP contribution is -1.80. The van der Waals surface area contributed by atoms with Crippen molar-refractivity contribution in [2.45, 2.75) is 0 Å². The quantitative estimate of drug-likeness (QED) is 0.476. The number of rotatable bonds is 0. The lowest BCUT2D eigenvalue weighted by Gasteiger charge is -1.87. The molecule has 1 saturated heterocycles. The van der Waals surface area contributed by atoms with Crippen LogP contribution in [-0.2, 0) is 9.47 Å². The van der Waals surface area contributed by atoms with E-state index >= 15 is 0 Å². The third kappa shape index (κ3) is 2.09. The Morgan fingerprint density at radius 1 is 1.70 bits per heavy atom. The summed E-state index contributed by atoms with van der Waals surface area (Å²) in [4.78, 5) is 0. The maximum Gasteiger partial charge on any atom is 0.189 e. The summed E-state index contributed by atoms with van der Waals surface area (Å²) in [6.45, 7) is 0.678. The summed E-state index contributed by atoms with van der Waals surface area (Å²) in [7, 11) is 0. The average molecular weight is 140 g/mol. The van der Waals surface area contributed by atoms with Gasteiger partial charge in [0.25, 0.3) is 0 Å². The van der Waals surface area contributed by atoms with Crippen LogP contribution in [0.1, 0.15) is 0 Å². The van der Waals surface area contributed by atoms with Crippen LogP contribution < -0.4 is 0 Å². The van der Waals surface area contributed by atoms with Crippen LogP contribution >= 0.6 is 0 Å². The van der Waals surface area contributed by atoms with Crippen molar-refractivity contribution in [2.75, 3.05) is 20.0 Å². The standard InChI is InChI=1S/C7H8O3/c8-4-2-1-3-7-5-9-6-10-7/h3,8H,4-6H2/b7-3-. The molecule has 1 heterocycles. The molecule has 54 valence electrons. The van der Waals surface area contributed by atoms with Crippen LogP contribution in [0.4, 0.5) is 0 Å². The van der Waals surface area contributed by atoms with E-state index in [4.69, 9.17) is 14.6 Å². The second-order valence-electron chi connectivity index (χ2n) is 1.70. The fraction of sp³-hybridized carbons (Fsp3) is 0.429. The molecule has 0 aromatic rings. The van der Waals surface area contributed by atoms with Crippen molar-refractivity contribution in [3.63, 3.8) is 0 Å². The predicted molar refractivity (Wildman–Crippen MR) is 34.8 cm³/mol. The van der Waals surface area contributed by atoms with Gasteiger partial charge < -0.3 is 14.6 Å². The summed E-state index contributed by atoms with van der Waals surface area (Å²) < 4.78 is 9.82. The van der Waals surface area contributed by atoms with Crippen molar-refractivity contribution >= 4 is 0 Å². The molecule has 1 rings (SSSR count). The van der Waals surface area contributed by atoms with E-state index in [-0.39, 0.29) is 6.61 Å². The van der Waals surface area contributed by atoms with Crippen LogP contribution in [0.25, 0.3) is 0 Å². The summed E-state index contributed by atoms with van der Waals surface area (Å²) in [5.74, 6) is 5.80. The van der Waals surface area contributed by atoms with E-state index in [1.165, 1.54) is 0 Å². The molecular formula is C7H8O3. The van der Waals surface area contributed by atoms with E-state index in [2.05, 4.69) is 11.8 Å².